The zero-order valence-electron chi connectivity index (χ0n) is 6.97. The van der Waals surface area contributed by atoms with Crippen molar-refractivity contribution in [1.82, 2.24) is 0 Å². The van der Waals surface area contributed by atoms with Crippen molar-refractivity contribution in [3.63, 3.8) is 0 Å². The maximum atomic E-state index is 10.9. The number of aliphatic hydroxyl groups excluding tert-OH is 1. The first-order chi connectivity index (χ1) is 5.63. The fourth-order valence-corrected chi connectivity index (χ4v) is 0.624. The number of nitrogens with zero attached hydrogens (tertiary/aromatic N) is 3. The van der Waals surface area contributed by atoms with Gasteiger partial charge in [0.1, 0.15) is 0 Å². The maximum Gasteiger partial charge on any atom is 0.317 e. The van der Waals surface area contributed by atoms with Gasteiger partial charge in [-0.2, -0.15) is 0 Å². The zero-order chi connectivity index (χ0) is 9.56. The molecule has 0 saturated heterocycles. The lowest BCUT2D eigenvalue weighted by Gasteiger charge is -2.11. The van der Waals surface area contributed by atoms with Crippen molar-refractivity contribution in [2.45, 2.75) is 26.0 Å². The summed E-state index contributed by atoms with van der Waals surface area (Å²) in [6, 6.07) is -1.14. The smallest absolute Gasteiger partial charge is 0.317 e. The van der Waals surface area contributed by atoms with Crippen LogP contribution in [0, 0.1) is 0 Å². The molecular weight excluding hydrogens is 162 g/mol. The summed E-state index contributed by atoms with van der Waals surface area (Å²) >= 11 is 0. The summed E-state index contributed by atoms with van der Waals surface area (Å²) < 4.78 is 4.55. The molecule has 0 aliphatic heterocycles. The standard InChI is InChI=1S/C6H11N3O3/c1-3-12-6(11)5(4(2)10)8-9-7/h4-5,10H,3H2,1-2H3. The highest BCUT2D eigenvalue weighted by Gasteiger charge is 2.23. The third-order valence-corrected chi connectivity index (χ3v) is 1.16. The van der Waals surface area contributed by atoms with Gasteiger partial charge in [0.15, 0.2) is 6.04 Å². The highest BCUT2D eigenvalue weighted by Crippen LogP contribution is 2.01. The lowest BCUT2D eigenvalue weighted by molar-refractivity contribution is -0.147. The monoisotopic (exact) mass is 173 g/mol. The summed E-state index contributed by atoms with van der Waals surface area (Å²) in [4.78, 5) is 13.4. The van der Waals surface area contributed by atoms with Crippen molar-refractivity contribution >= 4 is 5.97 Å². The first-order valence-electron chi connectivity index (χ1n) is 3.52. The Balaban J connectivity index is 4.29. The van der Waals surface area contributed by atoms with E-state index >= 15 is 0 Å². The zero-order valence-corrected chi connectivity index (χ0v) is 6.97. The van der Waals surface area contributed by atoms with Crippen molar-refractivity contribution < 1.29 is 14.6 Å². The Bertz CT molecular complexity index is 198. The highest BCUT2D eigenvalue weighted by atomic mass is 16.5. The third-order valence-electron chi connectivity index (χ3n) is 1.16. The van der Waals surface area contributed by atoms with Gasteiger partial charge in [-0.1, -0.05) is 5.11 Å². The van der Waals surface area contributed by atoms with Gasteiger partial charge in [-0.25, -0.2) is 0 Å². The minimum Gasteiger partial charge on any atom is -0.466 e. The van der Waals surface area contributed by atoms with Gasteiger partial charge in [-0.3, -0.25) is 4.79 Å². The molecule has 0 aromatic carbocycles. The average Bonchev–Trinajstić information content (AvgIpc) is 1.99. The van der Waals surface area contributed by atoms with E-state index in [0.29, 0.717) is 0 Å². The summed E-state index contributed by atoms with van der Waals surface area (Å²) in [5.74, 6) is -0.703. The average molecular weight is 173 g/mol. The quantitative estimate of drug-likeness (QED) is 0.292. The van der Waals surface area contributed by atoms with E-state index in [9.17, 15) is 4.79 Å². The molecule has 0 aliphatic rings. The molecule has 0 saturated carbocycles. The van der Waals surface area contributed by atoms with Gasteiger partial charge >= 0.3 is 5.97 Å². The molecule has 0 heterocycles. The molecule has 0 rings (SSSR count). The molecule has 0 aromatic rings. The van der Waals surface area contributed by atoms with Crippen LogP contribution in [-0.2, 0) is 9.53 Å². The number of esters is 1. The van der Waals surface area contributed by atoms with Gasteiger partial charge in [-0.15, -0.1) is 0 Å². The largest absolute Gasteiger partial charge is 0.466 e. The minimum atomic E-state index is -1.14. The van der Waals surface area contributed by atoms with E-state index in [0.717, 1.165) is 0 Å². The van der Waals surface area contributed by atoms with Gasteiger partial charge in [0.2, 0.25) is 0 Å². The molecule has 6 nitrogen and oxygen atoms in total. The van der Waals surface area contributed by atoms with E-state index in [1.807, 2.05) is 0 Å². The normalized spacial score (nSPS) is 14.2. The molecule has 6 heteroatoms. The molecule has 0 fully saturated rings. The summed E-state index contributed by atoms with van der Waals surface area (Å²) in [5, 5.41) is 12.1. The van der Waals surface area contributed by atoms with Crippen LogP contribution in [0.2, 0.25) is 0 Å². The second-order valence-electron chi connectivity index (χ2n) is 2.14. The number of aliphatic hydroxyl groups is 1. The Morgan fingerprint density at radius 3 is 2.75 bits per heavy atom. The fraction of sp³-hybridized carbons (Fsp3) is 0.833. The van der Waals surface area contributed by atoms with Crippen LogP contribution in [0.4, 0.5) is 0 Å². The number of hydrogen-bond donors (Lipinski definition) is 1. The Morgan fingerprint density at radius 2 is 2.42 bits per heavy atom. The summed E-state index contributed by atoms with van der Waals surface area (Å²) in [6.45, 7) is 3.19. The van der Waals surface area contributed by atoms with Crippen LogP contribution >= 0.6 is 0 Å². The van der Waals surface area contributed by atoms with Crippen LogP contribution in [0.25, 0.3) is 10.4 Å². The Hall–Kier alpha value is -1.26. The van der Waals surface area contributed by atoms with Gasteiger partial charge in [0.25, 0.3) is 0 Å². The summed E-state index contributed by atoms with van der Waals surface area (Å²) in [6.07, 6.45) is -1.03. The number of hydrogen-bond acceptors (Lipinski definition) is 4. The molecule has 0 aliphatic carbocycles. The van der Waals surface area contributed by atoms with Crippen molar-refractivity contribution in [2.24, 2.45) is 5.11 Å². The van der Waals surface area contributed by atoms with Crippen molar-refractivity contribution in [3.8, 4) is 0 Å². The molecule has 12 heavy (non-hydrogen) atoms. The van der Waals surface area contributed by atoms with Crippen molar-refractivity contribution in [2.75, 3.05) is 6.61 Å². The first kappa shape index (κ1) is 10.7. The second kappa shape index (κ2) is 5.40. The number of carbonyl (C=O) groups is 1. The van der Waals surface area contributed by atoms with E-state index in [-0.39, 0.29) is 6.61 Å². The van der Waals surface area contributed by atoms with Gasteiger partial charge < -0.3 is 9.84 Å². The summed E-state index contributed by atoms with van der Waals surface area (Å²) in [7, 11) is 0. The van der Waals surface area contributed by atoms with Gasteiger partial charge in [-0.05, 0) is 19.4 Å². The van der Waals surface area contributed by atoms with Crippen molar-refractivity contribution in [1.29, 1.82) is 0 Å². The molecular formula is C6H11N3O3. The van der Waals surface area contributed by atoms with Crippen LogP contribution in [-0.4, -0.2) is 29.8 Å². The molecule has 0 amide bonds. The number of azide groups is 1. The molecule has 2 unspecified atom stereocenters. The number of ether oxygens (including phenoxy) is 1. The van der Waals surface area contributed by atoms with E-state index in [1.165, 1.54) is 6.92 Å². The van der Waals surface area contributed by atoms with Crippen LogP contribution < -0.4 is 0 Å². The molecule has 2 atom stereocenters. The minimum absolute atomic E-state index is 0.197. The topological polar surface area (TPSA) is 95.3 Å². The number of rotatable bonds is 4. The molecule has 0 bridgehead atoms. The molecule has 0 aromatic heterocycles. The predicted molar refractivity (Wildman–Crippen MR) is 41.2 cm³/mol. The van der Waals surface area contributed by atoms with Gasteiger partial charge in [0, 0.05) is 4.91 Å². The van der Waals surface area contributed by atoms with Crippen LogP contribution in [0.5, 0.6) is 0 Å². The maximum absolute atomic E-state index is 10.9. The van der Waals surface area contributed by atoms with E-state index in [4.69, 9.17) is 10.6 Å². The first-order valence-corrected chi connectivity index (χ1v) is 3.52. The second-order valence-corrected chi connectivity index (χ2v) is 2.14. The SMILES string of the molecule is CCOC(=O)C(N=[N+]=[N-])C(C)O. The molecule has 68 valence electrons. The lowest BCUT2D eigenvalue weighted by atomic mass is 10.2. The lowest BCUT2D eigenvalue weighted by Crippen LogP contribution is -2.31. The van der Waals surface area contributed by atoms with E-state index in [2.05, 4.69) is 14.8 Å². The van der Waals surface area contributed by atoms with Crippen LogP contribution in [0.15, 0.2) is 5.11 Å². The van der Waals surface area contributed by atoms with Crippen LogP contribution in [0.3, 0.4) is 0 Å². The third kappa shape index (κ3) is 3.23. The summed E-state index contributed by atoms with van der Waals surface area (Å²) in [5.41, 5.74) is 8.04. The highest BCUT2D eigenvalue weighted by molar-refractivity contribution is 5.76. The Morgan fingerprint density at radius 1 is 1.83 bits per heavy atom. The van der Waals surface area contributed by atoms with Crippen LogP contribution in [0.1, 0.15) is 13.8 Å². The predicted octanol–water partition coefficient (Wildman–Crippen LogP) is 0.609. The molecule has 1 N–H and O–H groups in total. The fourth-order valence-electron chi connectivity index (χ4n) is 0.624. The van der Waals surface area contributed by atoms with E-state index < -0.39 is 18.1 Å². The Kier molecular flexibility index (Phi) is 4.83. The number of carbonyl (C=O) groups excluding carboxylic acids is 1. The molecule has 0 spiro atoms. The van der Waals surface area contributed by atoms with E-state index in [1.54, 1.807) is 6.92 Å². The van der Waals surface area contributed by atoms with Gasteiger partial charge in [0.05, 0.1) is 12.7 Å². The van der Waals surface area contributed by atoms with Crippen molar-refractivity contribution in [3.05, 3.63) is 10.4 Å². The molecule has 0 radical (unpaired) electrons. The Labute approximate surface area is 69.8 Å².